The zero-order valence-corrected chi connectivity index (χ0v) is 20.5. The number of nitrogens with zero attached hydrogens (tertiary/aromatic N) is 1. The minimum Gasteiger partial charge on any atom is -0.383 e. The molecule has 2 N–H and O–H groups in total. The highest BCUT2D eigenvalue weighted by atomic mass is 35.5. The van der Waals surface area contributed by atoms with Gasteiger partial charge in [0.15, 0.2) is 0 Å². The topological polar surface area (TPSA) is 93.3 Å². The summed E-state index contributed by atoms with van der Waals surface area (Å²) in [5, 5.41) is 7.48. The Kier molecular flexibility index (Phi) is 9.46. The molecular weight excluding hydrogens is 500 g/mol. The second-order valence-corrected chi connectivity index (χ2v) is 8.07. The molecule has 0 aliphatic rings. The number of aryl methyl sites for hydroxylation is 1. The molecule has 0 unspecified atom stereocenters. The van der Waals surface area contributed by atoms with Gasteiger partial charge in [-0.05, 0) is 45.0 Å². The van der Waals surface area contributed by atoms with E-state index >= 15 is 0 Å². The molecule has 0 saturated carbocycles. The van der Waals surface area contributed by atoms with Crippen LogP contribution in [-0.4, -0.2) is 23.6 Å². The Bertz CT molecular complexity index is 1250. The Morgan fingerprint density at radius 2 is 1.56 bits per heavy atom. The van der Waals surface area contributed by atoms with Crippen LogP contribution < -0.4 is 22.0 Å². The molecule has 0 saturated heterocycles. The summed E-state index contributed by atoms with van der Waals surface area (Å²) >= 11 is 23.6. The zero-order valence-electron chi connectivity index (χ0n) is 17.5. The van der Waals surface area contributed by atoms with Crippen molar-refractivity contribution < 1.29 is 9.21 Å². The highest BCUT2D eigenvalue weighted by molar-refractivity contribution is 6.38. The van der Waals surface area contributed by atoms with Gasteiger partial charge in [0.1, 0.15) is 0 Å². The van der Waals surface area contributed by atoms with Crippen molar-refractivity contribution in [1.82, 2.24) is 9.88 Å². The number of rotatable bonds is 5. The van der Waals surface area contributed by atoms with Gasteiger partial charge in [-0.25, -0.2) is 9.59 Å². The van der Waals surface area contributed by atoms with Crippen LogP contribution in [0.2, 0.25) is 20.1 Å². The lowest BCUT2D eigenvalue weighted by Gasteiger charge is -2.12. The van der Waals surface area contributed by atoms with Crippen molar-refractivity contribution in [3.8, 4) is 0 Å². The maximum absolute atomic E-state index is 11.8. The predicted molar refractivity (Wildman–Crippen MR) is 131 cm³/mol. The van der Waals surface area contributed by atoms with Crippen LogP contribution in [0.15, 0.2) is 38.3 Å². The minimum atomic E-state index is -0.728. The van der Waals surface area contributed by atoms with Gasteiger partial charge in [-0.15, -0.1) is 0 Å². The number of amides is 1. The van der Waals surface area contributed by atoms with Crippen LogP contribution in [0, 0.1) is 0 Å². The molecule has 0 fully saturated rings. The Labute approximate surface area is 204 Å². The Morgan fingerprint density at radius 1 is 0.938 bits per heavy atom. The number of hydrogen-bond donors (Lipinski definition) is 2. The van der Waals surface area contributed by atoms with Crippen LogP contribution in [-0.2, 0) is 6.54 Å². The van der Waals surface area contributed by atoms with Crippen molar-refractivity contribution >= 4 is 68.9 Å². The number of carbonyl (C=O) groups is 1. The van der Waals surface area contributed by atoms with Gasteiger partial charge >= 0.3 is 11.4 Å². The summed E-state index contributed by atoms with van der Waals surface area (Å²) in [6.07, 6.45) is 0. The fraction of sp³-hybridized carbons (Fsp3) is 0.286. The molecule has 0 spiro atoms. The van der Waals surface area contributed by atoms with E-state index in [1.54, 1.807) is 19.1 Å². The molecule has 32 heavy (non-hydrogen) atoms. The van der Waals surface area contributed by atoms with Crippen LogP contribution in [0.3, 0.4) is 0 Å². The van der Waals surface area contributed by atoms with Crippen molar-refractivity contribution in [2.75, 3.05) is 18.4 Å². The molecule has 172 valence electrons. The van der Waals surface area contributed by atoms with Crippen molar-refractivity contribution in [3.05, 3.63) is 70.9 Å². The Balaban J connectivity index is 0.000000227. The smallest absolute Gasteiger partial charge is 0.383 e. The lowest BCUT2D eigenvalue weighted by Crippen LogP contribution is -2.24. The van der Waals surface area contributed by atoms with Gasteiger partial charge < -0.3 is 15.1 Å². The first-order chi connectivity index (χ1) is 15.1. The summed E-state index contributed by atoms with van der Waals surface area (Å²) in [5.41, 5.74) is 0.727. The van der Waals surface area contributed by atoms with Crippen molar-refractivity contribution in [3.63, 3.8) is 0 Å². The van der Waals surface area contributed by atoms with Gasteiger partial charge in [0.25, 0.3) is 5.91 Å². The normalized spacial score (nSPS) is 10.5. The van der Waals surface area contributed by atoms with Gasteiger partial charge in [-0.3, -0.25) is 9.36 Å². The van der Waals surface area contributed by atoms with Crippen LogP contribution in [0.1, 0.15) is 31.1 Å². The van der Waals surface area contributed by atoms with Gasteiger partial charge in [0, 0.05) is 29.7 Å². The number of benzene rings is 2. The first kappa shape index (κ1) is 26.1. The van der Waals surface area contributed by atoms with E-state index in [0.717, 1.165) is 0 Å². The third-order valence-electron chi connectivity index (χ3n) is 4.23. The SMILES string of the molecule is CCNC(=O)c1cc(Cl)cc(Cl)c1NCC.CCn1c(=O)oc(=O)c2cc(Cl)cc(Cl)c21. The van der Waals surface area contributed by atoms with Gasteiger partial charge in [0.05, 0.1) is 32.2 Å². The number of hydrogen-bond acceptors (Lipinski definition) is 5. The van der Waals surface area contributed by atoms with E-state index in [4.69, 9.17) is 46.4 Å². The fourth-order valence-electron chi connectivity index (χ4n) is 2.93. The van der Waals surface area contributed by atoms with E-state index in [1.807, 2.05) is 13.8 Å². The van der Waals surface area contributed by atoms with E-state index in [0.29, 0.717) is 51.5 Å². The number of nitrogens with one attached hydrogen (secondary N) is 2. The van der Waals surface area contributed by atoms with Crippen LogP contribution in [0.5, 0.6) is 0 Å². The van der Waals surface area contributed by atoms with E-state index in [2.05, 4.69) is 15.1 Å². The number of fused-ring (bicyclic) bond motifs is 1. The van der Waals surface area contributed by atoms with Crippen molar-refractivity contribution in [2.45, 2.75) is 27.3 Å². The van der Waals surface area contributed by atoms with Crippen LogP contribution in [0.25, 0.3) is 10.9 Å². The second kappa shape index (κ2) is 11.6. The van der Waals surface area contributed by atoms with Crippen LogP contribution >= 0.6 is 46.4 Å². The van der Waals surface area contributed by atoms with Gasteiger partial charge in [-0.2, -0.15) is 0 Å². The second-order valence-electron chi connectivity index (χ2n) is 6.38. The molecule has 7 nitrogen and oxygen atoms in total. The average Bonchev–Trinajstić information content (AvgIpc) is 2.71. The fourth-order valence-corrected chi connectivity index (χ4v) is 4.08. The minimum absolute atomic E-state index is 0.178. The molecule has 1 aromatic heterocycles. The number of anilines is 1. The largest absolute Gasteiger partial charge is 0.422 e. The highest BCUT2D eigenvalue weighted by Crippen LogP contribution is 2.30. The van der Waals surface area contributed by atoms with Gasteiger partial charge in [0.2, 0.25) is 0 Å². The van der Waals surface area contributed by atoms with Gasteiger partial charge in [-0.1, -0.05) is 46.4 Å². The molecule has 1 heterocycles. The van der Waals surface area contributed by atoms with Crippen molar-refractivity contribution in [2.24, 2.45) is 0 Å². The number of carbonyl (C=O) groups excluding carboxylic acids is 1. The predicted octanol–water partition coefficient (Wildman–Crippen LogP) is 5.46. The molecule has 0 radical (unpaired) electrons. The summed E-state index contributed by atoms with van der Waals surface area (Å²) < 4.78 is 5.84. The Hall–Kier alpha value is -2.19. The summed E-state index contributed by atoms with van der Waals surface area (Å²) in [6.45, 7) is 7.16. The molecule has 3 aromatic rings. The summed E-state index contributed by atoms with van der Waals surface area (Å²) in [7, 11) is 0. The Morgan fingerprint density at radius 3 is 2.16 bits per heavy atom. The van der Waals surface area contributed by atoms with E-state index in [-0.39, 0.29) is 16.3 Å². The third kappa shape index (κ3) is 5.98. The molecular formula is C21H21Cl4N3O4. The standard InChI is InChI=1S/C11H14Cl2N2O.C10H7Cl2NO3/c1-3-14-10-8(11(16)15-4-2)5-7(12)6-9(10)13;1-2-13-8-6(9(14)16-10(13)15)3-5(11)4-7(8)12/h5-6,14H,3-4H2,1-2H3,(H,15,16);3-4H,2H2,1H3. The van der Waals surface area contributed by atoms with Crippen LogP contribution in [0.4, 0.5) is 5.69 Å². The zero-order chi connectivity index (χ0) is 24.0. The lowest BCUT2D eigenvalue weighted by molar-refractivity contribution is 0.0956. The van der Waals surface area contributed by atoms with Crippen molar-refractivity contribution in [1.29, 1.82) is 0 Å². The third-order valence-corrected chi connectivity index (χ3v) is 5.25. The maximum atomic E-state index is 11.8. The first-order valence-corrected chi connectivity index (χ1v) is 11.2. The molecule has 0 bridgehead atoms. The van der Waals surface area contributed by atoms with E-state index in [1.165, 1.54) is 16.7 Å². The monoisotopic (exact) mass is 519 g/mol. The summed E-state index contributed by atoms with van der Waals surface area (Å²) in [5.74, 6) is -0.896. The molecule has 0 aliphatic carbocycles. The summed E-state index contributed by atoms with van der Waals surface area (Å²) in [6, 6.07) is 6.14. The molecule has 1 amide bonds. The molecule has 11 heteroatoms. The summed E-state index contributed by atoms with van der Waals surface area (Å²) in [4.78, 5) is 34.7. The molecule has 0 aliphatic heterocycles. The number of halogens is 4. The lowest BCUT2D eigenvalue weighted by atomic mass is 10.1. The number of aromatic nitrogens is 1. The quantitative estimate of drug-likeness (QED) is 0.466. The first-order valence-electron chi connectivity index (χ1n) is 9.68. The average molecular weight is 521 g/mol. The highest BCUT2D eigenvalue weighted by Gasteiger charge is 2.15. The molecule has 0 atom stereocenters. The van der Waals surface area contributed by atoms with E-state index < -0.39 is 11.4 Å². The molecule has 3 rings (SSSR count). The van der Waals surface area contributed by atoms with E-state index in [9.17, 15) is 14.4 Å². The molecule has 2 aromatic carbocycles. The maximum Gasteiger partial charge on any atom is 0.422 e.